The maximum Gasteiger partial charge on any atom is 0.233 e. The molecule has 1 amide bonds. The van der Waals surface area contributed by atoms with Crippen LogP contribution in [0.4, 0.5) is 5.00 Å². The van der Waals surface area contributed by atoms with Gasteiger partial charge in [-0.15, -0.1) is 11.3 Å². The Morgan fingerprint density at radius 1 is 1.40 bits per heavy atom. The summed E-state index contributed by atoms with van der Waals surface area (Å²) in [4.78, 5) is 13.7. The number of hydrogen-bond acceptors (Lipinski definition) is 3. The van der Waals surface area contributed by atoms with E-state index in [1.165, 1.54) is 11.3 Å². The molecule has 3 nitrogen and oxygen atoms in total. The van der Waals surface area contributed by atoms with Gasteiger partial charge in [-0.05, 0) is 44.6 Å². The van der Waals surface area contributed by atoms with Crippen LogP contribution in [-0.4, -0.2) is 9.14 Å². The summed E-state index contributed by atoms with van der Waals surface area (Å²) in [6, 6.07) is 2.27. The van der Waals surface area contributed by atoms with Crippen LogP contribution in [0.1, 0.15) is 42.2 Å². The molecular formula is C14H14Br2N2OS. The van der Waals surface area contributed by atoms with Crippen molar-refractivity contribution < 1.29 is 4.79 Å². The van der Waals surface area contributed by atoms with Crippen molar-refractivity contribution in [3.05, 3.63) is 16.0 Å². The van der Waals surface area contributed by atoms with Gasteiger partial charge in [0.05, 0.1) is 14.2 Å². The third-order valence-corrected chi connectivity index (χ3v) is 7.79. The molecule has 0 spiro atoms. The molecule has 1 heterocycles. The number of carbonyl (C=O) groups is 1. The molecule has 2 aliphatic rings. The average Bonchev–Trinajstić information content (AvgIpc) is 2.78. The number of fused-ring (bicyclic) bond motifs is 1. The molecule has 3 rings (SSSR count). The molecule has 1 fully saturated rings. The highest BCUT2D eigenvalue weighted by molar-refractivity contribution is 9.25. The van der Waals surface area contributed by atoms with Gasteiger partial charge in [0.15, 0.2) is 0 Å². The Balaban J connectivity index is 1.87. The lowest BCUT2D eigenvalue weighted by atomic mass is 9.96. The Morgan fingerprint density at radius 3 is 2.65 bits per heavy atom. The van der Waals surface area contributed by atoms with Gasteiger partial charge in [-0.3, -0.25) is 4.79 Å². The van der Waals surface area contributed by atoms with Crippen LogP contribution in [0, 0.1) is 16.7 Å². The van der Waals surface area contributed by atoms with E-state index in [2.05, 4.69) is 43.2 Å². The zero-order chi connectivity index (χ0) is 14.5. The molecule has 0 bridgehead atoms. The van der Waals surface area contributed by atoms with E-state index >= 15 is 0 Å². The number of anilines is 1. The SMILES string of the molecule is CC1(C(=O)Nc2sc3c(c2C#N)CCCC3)CC1(Br)Br. The maximum atomic E-state index is 12.4. The average molecular weight is 418 g/mol. The van der Waals surface area contributed by atoms with Crippen molar-refractivity contribution in [1.29, 1.82) is 5.26 Å². The standard InChI is InChI=1S/C14H14Br2N2OS/c1-13(7-14(13,15)16)12(19)18-11-9(6-17)8-4-2-3-5-10(8)20-11/h2-5,7H2,1H3,(H,18,19). The third kappa shape index (κ3) is 2.15. The highest BCUT2D eigenvalue weighted by Crippen LogP contribution is 2.66. The Morgan fingerprint density at radius 2 is 2.05 bits per heavy atom. The minimum absolute atomic E-state index is 0.0265. The monoisotopic (exact) mass is 416 g/mol. The molecular weight excluding hydrogens is 404 g/mol. The summed E-state index contributed by atoms with van der Waals surface area (Å²) in [5.74, 6) is -0.0265. The number of halogens is 2. The van der Waals surface area contributed by atoms with Crippen LogP contribution in [0.3, 0.4) is 0 Å². The van der Waals surface area contributed by atoms with Gasteiger partial charge in [0.25, 0.3) is 0 Å². The largest absolute Gasteiger partial charge is 0.316 e. The molecule has 1 unspecified atom stereocenters. The Hall–Kier alpha value is -0.380. The number of alkyl halides is 2. The zero-order valence-corrected chi connectivity index (χ0v) is 15.0. The summed E-state index contributed by atoms with van der Waals surface area (Å²) in [6.07, 6.45) is 5.05. The highest BCUT2D eigenvalue weighted by Gasteiger charge is 2.66. The van der Waals surface area contributed by atoms with Crippen LogP contribution in [0.5, 0.6) is 0 Å². The first-order chi connectivity index (χ1) is 9.39. The summed E-state index contributed by atoms with van der Waals surface area (Å²) < 4.78 is -0.305. The number of nitrogens with zero attached hydrogens (tertiary/aromatic N) is 1. The molecule has 0 aliphatic heterocycles. The molecule has 1 saturated carbocycles. The van der Waals surface area contributed by atoms with E-state index in [0.717, 1.165) is 36.2 Å². The second kappa shape index (κ2) is 4.82. The number of carbonyl (C=O) groups excluding carboxylic acids is 1. The van der Waals surface area contributed by atoms with Gasteiger partial charge >= 0.3 is 0 Å². The summed E-state index contributed by atoms with van der Waals surface area (Å²) in [6.45, 7) is 1.92. The first-order valence-electron chi connectivity index (χ1n) is 6.63. The van der Waals surface area contributed by atoms with Crippen molar-refractivity contribution in [2.45, 2.75) is 42.3 Å². The van der Waals surface area contributed by atoms with Gasteiger partial charge in [0.1, 0.15) is 11.1 Å². The lowest BCUT2D eigenvalue weighted by Crippen LogP contribution is -2.25. The Kier molecular flexibility index (Phi) is 3.51. The zero-order valence-electron chi connectivity index (χ0n) is 11.1. The van der Waals surface area contributed by atoms with Crippen molar-refractivity contribution >= 4 is 54.1 Å². The van der Waals surface area contributed by atoms with Gasteiger partial charge < -0.3 is 5.32 Å². The van der Waals surface area contributed by atoms with Crippen molar-refractivity contribution in [2.75, 3.05) is 5.32 Å². The molecule has 106 valence electrons. The molecule has 0 aromatic carbocycles. The van der Waals surface area contributed by atoms with Gasteiger partial charge in [-0.1, -0.05) is 31.9 Å². The molecule has 2 aliphatic carbocycles. The lowest BCUT2D eigenvalue weighted by molar-refractivity contribution is -0.120. The van der Waals surface area contributed by atoms with Crippen molar-refractivity contribution in [3.8, 4) is 6.07 Å². The topological polar surface area (TPSA) is 52.9 Å². The number of amides is 1. The third-order valence-electron chi connectivity index (χ3n) is 4.27. The number of aryl methyl sites for hydroxylation is 1. The molecule has 1 N–H and O–H groups in total. The first kappa shape index (κ1) is 14.6. The molecule has 6 heteroatoms. The summed E-state index contributed by atoms with van der Waals surface area (Å²) in [7, 11) is 0. The first-order valence-corrected chi connectivity index (χ1v) is 9.03. The van der Waals surface area contributed by atoms with E-state index in [0.29, 0.717) is 5.56 Å². The summed E-state index contributed by atoms with van der Waals surface area (Å²) in [5.41, 5.74) is 1.38. The highest BCUT2D eigenvalue weighted by atomic mass is 79.9. The van der Waals surface area contributed by atoms with Crippen LogP contribution in [0.2, 0.25) is 0 Å². The van der Waals surface area contributed by atoms with E-state index in [-0.39, 0.29) is 9.14 Å². The van der Waals surface area contributed by atoms with Crippen molar-refractivity contribution in [2.24, 2.45) is 5.41 Å². The fourth-order valence-electron chi connectivity index (χ4n) is 2.66. The minimum atomic E-state index is -0.454. The summed E-state index contributed by atoms with van der Waals surface area (Å²) in [5, 5.41) is 13.1. The second-order valence-corrected chi connectivity index (χ2v) is 10.6. The fraction of sp³-hybridized carbons (Fsp3) is 0.571. The second-order valence-electron chi connectivity index (χ2n) is 5.69. The molecule has 0 saturated heterocycles. The van der Waals surface area contributed by atoms with Gasteiger partial charge in [0, 0.05) is 4.88 Å². The summed E-state index contributed by atoms with van der Waals surface area (Å²) >= 11 is 8.59. The van der Waals surface area contributed by atoms with Crippen LogP contribution in [0.15, 0.2) is 0 Å². The van der Waals surface area contributed by atoms with E-state index < -0.39 is 5.41 Å². The van der Waals surface area contributed by atoms with Crippen LogP contribution >= 0.6 is 43.2 Å². The normalized spacial score (nSPS) is 26.5. The van der Waals surface area contributed by atoms with Crippen LogP contribution in [-0.2, 0) is 17.6 Å². The van der Waals surface area contributed by atoms with Gasteiger partial charge in [-0.25, -0.2) is 0 Å². The predicted octanol–water partition coefficient (Wildman–Crippen LogP) is 4.33. The number of nitrogens with one attached hydrogen (secondary N) is 1. The number of thiophene rings is 1. The number of nitriles is 1. The maximum absolute atomic E-state index is 12.4. The van der Waals surface area contributed by atoms with E-state index in [9.17, 15) is 10.1 Å². The van der Waals surface area contributed by atoms with E-state index in [1.54, 1.807) is 11.3 Å². The molecule has 0 radical (unpaired) electrons. The fourth-order valence-corrected chi connectivity index (χ4v) is 5.38. The van der Waals surface area contributed by atoms with Crippen molar-refractivity contribution in [1.82, 2.24) is 0 Å². The van der Waals surface area contributed by atoms with Gasteiger partial charge in [-0.2, -0.15) is 5.26 Å². The molecule has 1 atom stereocenters. The quantitative estimate of drug-likeness (QED) is 0.728. The lowest BCUT2D eigenvalue weighted by Gasteiger charge is -2.12. The van der Waals surface area contributed by atoms with Crippen LogP contribution in [0.25, 0.3) is 0 Å². The Labute approximate surface area is 139 Å². The molecule has 20 heavy (non-hydrogen) atoms. The predicted molar refractivity (Wildman–Crippen MR) is 87.6 cm³/mol. The van der Waals surface area contributed by atoms with Gasteiger partial charge in [0.2, 0.25) is 5.91 Å². The molecule has 1 aromatic rings. The van der Waals surface area contributed by atoms with Crippen LogP contribution < -0.4 is 5.32 Å². The number of rotatable bonds is 2. The van der Waals surface area contributed by atoms with E-state index in [1.807, 2.05) is 6.92 Å². The number of hydrogen-bond donors (Lipinski definition) is 1. The van der Waals surface area contributed by atoms with E-state index in [4.69, 9.17) is 0 Å². The smallest absolute Gasteiger partial charge is 0.233 e. The minimum Gasteiger partial charge on any atom is -0.316 e. The molecule has 1 aromatic heterocycles. The Bertz CT molecular complexity index is 632. The van der Waals surface area contributed by atoms with Crippen molar-refractivity contribution in [3.63, 3.8) is 0 Å².